The van der Waals surface area contributed by atoms with Gasteiger partial charge < -0.3 is 4.57 Å². The molecule has 0 saturated heterocycles. The number of pyridine rings is 3. The fraction of sp³-hybridized carbons (Fsp3) is 0. The molecule has 9 aromatic rings. The van der Waals surface area contributed by atoms with Crippen molar-refractivity contribution < 1.29 is 0 Å². The highest BCUT2D eigenvalue weighted by Gasteiger charge is 2.20. The predicted molar refractivity (Wildman–Crippen MR) is 178 cm³/mol. The highest BCUT2D eigenvalue weighted by Crippen LogP contribution is 2.40. The molecule has 4 heteroatoms. The van der Waals surface area contributed by atoms with Crippen LogP contribution in [0.1, 0.15) is 0 Å². The van der Waals surface area contributed by atoms with Gasteiger partial charge in [-0.1, -0.05) is 109 Å². The highest BCUT2D eigenvalue weighted by atomic mass is 15.0. The standard InChI is InChI=1S/C39H24N4/c1-2-10-26(11-3-1)34-22-27-12-4-5-13-28(27)38(42-34)37-31-16-7-6-14-29(31)36(24-41-37)43-35-17-9-8-15-30(35)32-19-18-25-20-21-40-23-33(25)39(32)43/h1-24H. The van der Waals surface area contributed by atoms with Crippen molar-refractivity contribution in [3.05, 3.63) is 146 Å². The van der Waals surface area contributed by atoms with Crippen LogP contribution < -0.4 is 0 Å². The smallest absolute Gasteiger partial charge is 0.0978 e. The fourth-order valence-corrected chi connectivity index (χ4v) is 6.55. The molecule has 0 amide bonds. The first-order valence-electron chi connectivity index (χ1n) is 14.4. The zero-order valence-corrected chi connectivity index (χ0v) is 23.1. The van der Waals surface area contributed by atoms with E-state index in [4.69, 9.17) is 9.97 Å². The Morgan fingerprint density at radius 2 is 1.23 bits per heavy atom. The fourth-order valence-electron chi connectivity index (χ4n) is 6.55. The van der Waals surface area contributed by atoms with Gasteiger partial charge >= 0.3 is 0 Å². The van der Waals surface area contributed by atoms with E-state index in [1.54, 1.807) is 0 Å². The summed E-state index contributed by atoms with van der Waals surface area (Å²) in [4.78, 5) is 15.0. The summed E-state index contributed by atoms with van der Waals surface area (Å²) in [7, 11) is 0. The summed E-state index contributed by atoms with van der Waals surface area (Å²) in [5.41, 5.74) is 7.10. The minimum atomic E-state index is 0.876. The summed E-state index contributed by atoms with van der Waals surface area (Å²) in [6.45, 7) is 0. The molecule has 200 valence electrons. The molecular formula is C39H24N4. The number of hydrogen-bond acceptors (Lipinski definition) is 3. The largest absolute Gasteiger partial charge is 0.306 e. The second kappa shape index (κ2) is 9.33. The minimum Gasteiger partial charge on any atom is -0.306 e. The van der Waals surface area contributed by atoms with Gasteiger partial charge in [0.25, 0.3) is 0 Å². The molecule has 4 aromatic heterocycles. The average Bonchev–Trinajstić information content (AvgIpc) is 3.42. The van der Waals surface area contributed by atoms with Crippen molar-refractivity contribution in [1.29, 1.82) is 0 Å². The molecule has 0 radical (unpaired) electrons. The van der Waals surface area contributed by atoms with Crippen LogP contribution >= 0.6 is 0 Å². The second-order valence-corrected chi connectivity index (χ2v) is 10.9. The molecule has 5 aromatic carbocycles. The zero-order valence-electron chi connectivity index (χ0n) is 23.1. The van der Waals surface area contributed by atoms with Crippen molar-refractivity contribution in [3.63, 3.8) is 0 Å². The van der Waals surface area contributed by atoms with E-state index in [-0.39, 0.29) is 0 Å². The number of para-hydroxylation sites is 1. The van der Waals surface area contributed by atoms with Crippen LogP contribution in [-0.2, 0) is 0 Å². The number of rotatable bonds is 3. The molecule has 9 rings (SSSR count). The monoisotopic (exact) mass is 548 g/mol. The maximum absolute atomic E-state index is 5.25. The van der Waals surface area contributed by atoms with Crippen molar-refractivity contribution in [2.24, 2.45) is 0 Å². The van der Waals surface area contributed by atoms with Crippen LogP contribution in [0.15, 0.2) is 146 Å². The van der Waals surface area contributed by atoms with Gasteiger partial charge in [0.15, 0.2) is 0 Å². The predicted octanol–water partition coefficient (Wildman–Crippen LogP) is 9.76. The van der Waals surface area contributed by atoms with Crippen molar-refractivity contribution >= 4 is 54.1 Å². The van der Waals surface area contributed by atoms with E-state index in [9.17, 15) is 0 Å². The topological polar surface area (TPSA) is 43.6 Å². The molecule has 0 fully saturated rings. The van der Waals surface area contributed by atoms with Gasteiger partial charge in [0, 0.05) is 50.3 Å². The Labute approximate surface area is 247 Å². The molecule has 4 nitrogen and oxygen atoms in total. The molecule has 0 N–H and O–H groups in total. The summed E-state index contributed by atoms with van der Waals surface area (Å²) >= 11 is 0. The minimum absolute atomic E-state index is 0.876. The van der Waals surface area contributed by atoms with Crippen LogP contribution in [0.2, 0.25) is 0 Å². The lowest BCUT2D eigenvalue weighted by Crippen LogP contribution is -2.00. The first-order chi connectivity index (χ1) is 21.3. The van der Waals surface area contributed by atoms with Gasteiger partial charge in [0.2, 0.25) is 0 Å². The average molecular weight is 549 g/mol. The molecule has 0 unspecified atom stereocenters. The van der Waals surface area contributed by atoms with Gasteiger partial charge in [-0.3, -0.25) is 9.97 Å². The van der Waals surface area contributed by atoms with Gasteiger partial charge in [0.1, 0.15) is 0 Å². The lowest BCUT2D eigenvalue weighted by atomic mass is 10.00. The molecule has 0 bridgehead atoms. The molecule has 4 heterocycles. The Balaban J connectivity index is 1.38. The third-order valence-corrected chi connectivity index (χ3v) is 8.50. The lowest BCUT2D eigenvalue weighted by molar-refractivity contribution is 1.16. The number of fused-ring (bicyclic) bond motifs is 7. The quantitative estimate of drug-likeness (QED) is 0.221. The van der Waals surface area contributed by atoms with E-state index < -0.39 is 0 Å². The maximum Gasteiger partial charge on any atom is 0.0978 e. The SMILES string of the molecule is c1ccc(-c2cc3ccccc3c(-c3ncc(-n4c5ccccc5c5ccc6ccncc6c54)c4ccccc34)n2)cc1. The van der Waals surface area contributed by atoms with Crippen LogP contribution in [0.4, 0.5) is 0 Å². The van der Waals surface area contributed by atoms with Crippen LogP contribution in [0.25, 0.3) is 82.5 Å². The summed E-state index contributed by atoms with van der Waals surface area (Å²) in [5, 5.41) is 9.09. The van der Waals surface area contributed by atoms with Crippen LogP contribution in [-0.4, -0.2) is 19.5 Å². The maximum atomic E-state index is 5.25. The first-order valence-corrected chi connectivity index (χ1v) is 14.4. The summed E-state index contributed by atoms with van der Waals surface area (Å²) in [6, 6.07) is 44.6. The highest BCUT2D eigenvalue weighted by molar-refractivity contribution is 6.19. The molecule has 0 aliphatic carbocycles. The third-order valence-electron chi connectivity index (χ3n) is 8.50. The van der Waals surface area contributed by atoms with E-state index in [1.807, 2.05) is 24.7 Å². The van der Waals surface area contributed by atoms with Gasteiger partial charge in [-0.05, 0) is 29.0 Å². The van der Waals surface area contributed by atoms with Gasteiger partial charge in [-0.25, -0.2) is 4.98 Å². The Kier molecular flexibility index (Phi) is 5.16. The lowest BCUT2D eigenvalue weighted by Gasteiger charge is -2.16. The van der Waals surface area contributed by atoms with Gasteiger partial charge in [-0.15, -0.1) is 0 Å². The molecule has 0 saturated carbocycles. The van der Waals surface area contributed by atoms with Gasteiger partial charge in [0.05, 0.1) is 40.0 Å². The first kappa shape index (κ1) is 23.8. The van der Waals surface area contributed by atoms with E-state index >= 15 is 0 Å². The number of nitrogens with zero attached hydrogens (tertiary/aromatic N) is 4. The van der Waals surface area contributed by atoms with Crippen LogP contribution in [0.3, 0.4) is 0 Å². The number of hydrogen-bond donors (Lipinski definition) is 0. The Hall–Kier alpha value is -5.87. The van der Waals surface area contributed by atoms with Crippen molar-refractivity contribution in [2.45, 2.75) is 0 Å². The van der Waals surface area contributed by atoms with Crippen LogP contribution in [0.5, 0.6) is 0 Å². The Bertz CT molecular complexity index is 2510. The van der Waals surface area contributed by atoms with E-state index in [0.29, 0.717) is 0 Å². The number of aromatic nitrogens is 4. The summed E-state index contributed by atoms with van der Waals surface area (Å²) < 4.78 is 2.36. The summed E-state index contributed by atoms with van der Waals surface area (Å²) in [5.74, 6) is 0. The molecule has 43 heavy (non-hydrogen) atoms. The Morgan fingerprint density at radius 1 is 0.488 bits per heavy atom. The molecule has 0 atom stereocenters. The molecule has 0 aliphatic heterocycles. The summed E-state index contributed by atoms with van der Waals surface area (Å²) in [6.07, 6.45) is 5.85. The van der Waals surface area contributed by atoms with Crippen molar-refractivity contribution in [1.82, 2.24) is 19.5 Å². The normalized spacial score (nSPS) is 11.7. The Morgan fingerprint density at radius 3 is 2.12 bits per heavy atom. The second-order valence-electron chi connectivity index (χ2n) is 10.9. The molecule has 0 aliphatic rings. The van der Waals surface area contributed by atoms with E-state index in [1.165, 1.54) is 10.8 Å². The third kappa shape index (κ3) is 3.60. The number of benzene rings is 5. The zero-order chi connectivity index (χ0) is 28.3. The van der Waals surface area contributed by atoms with E-state index in [0.717, 1.165) is 71.7 Å². The van der Waals surface area contributed by atoms with Crippen molar-refractivity contribution in [3.8, 4) is 28.3 Å². The van der Waals surface area contributed by atoms with Crippen molar-refractivity contribution in [2.75, 3.05) is 0 Å². The molecular weight excluding hydrogens is 524 g/mol. The van der Waals surface area contributed by atoms with E-state index in [2.05, 4.69) is 131 Å². The van der Waals surface area contributed by atoms with Crippen LogP contribution in [0, 0.1) is 0 Å². The molecule has 0 spiro atoms. The van der Waals surface area contributed by atoms with Gasteiger partial charge in [-0.2, -0.15) is 0 Å².